The number of hydrogen-bond donors (Lipinski definition) is 2. The van der Waals surface area contributed by atoms with Gasteiger partial charge in [-0.1, -0.05) is 25.4 Å². The second-order valence-electron chi connectivity index (χ2n) is 5.59. The van der Waals surface area contributed by atoms with Gasteiger partial charge in [-0.05, 0) is 25.2 Å². The monoisotopic (exact) mass is 285 g/mol. The van der Waals surface area contributed by atoms with E-state index in [0.29, 0.717) is 16.4 Å². The van der Waals surface area contributed by atoms with Crippen LogP contribution in [0.5, 0.6) is 0 Å². The maximum atomic E-state index is 12.2. The first-order chi connectivity index (χ1) is 8.84. The van der Waals surface area contributed by atoms with Crippen LogP contribution in [0.15, 0.2) is 0 Å². The van der Waals surface area contributed by atoms with E-state index in [1.165, 1.54) is 4.68 Å². The second kappa shape index (κ2) is 5.13. The number of amides is 1. The molecule has 0 unspecified atom stereocenters. The molecule has 1 aliphatic carbocycles. The van der Waals surface area contributed by atoms with Crippen LogP contribution in [-0.4, -0.2) is 32.9 Å². The topological polar surface area (TPSA) is 67.2 Å². The molecule has 2 rings (SSSR count). The lowest BCUT2D eigenvalue weighted by Crippen LogP contribution is -2.47. The summed E-state index contributed by atoms with van der Waals surface area (Å²) in [7, 11) is 1.71. The Hall–Kier alpha value is -1.07. The number of halogens is 1. The van der Waals surface area contributed by atoms with Gasteiger partial charge in [-0.3, -0.25) is 9.48 Å². The van der Waals surface area contributed by atoms with Gasteiger partial charge in [-0.15, -0.1) is 0 Å². The van der Waals surface area contributed by atoms with Crippen molar-refractivity contribution in [3.8, 4) is 0 Å². The number of nitrogens with zero attached hydrogens (tertiary/aromatic N) is 2. The molecule has 0 saturated heterocycles. The van der Waals surface area contributed by atoms with Gasteiger partial charge < -0.3 is 10.4 Å². The highest BCUT2D eigenvalue weighted by Crippen LogP contribution is 2.31. The molecule has 1 aromatic heterocycles. The normalized spacial score (nSPS) is 17.4. The standard InChI is InChI=1S/C13H20ClN3O2/c1-8(2)10-9(11(14)17(3)16-10)12(18)15-7-13(19)5-4-6-13/h8,19H,4-7H2,1-3H3,(H,15,18). The molecule has 5 nitrogen and oxygen atoms in total. The molecule has 0 spiro atoms. The van der Waals surface area contributed by atoms with Crippen molar-refractivity contribution in [1.29, 1.82) is 0 Å². The molecule has 0 radical (unpaired) electrons. The van der Waals surface area contributed by atoms with E-state index in [2.05, 4.69) is 10.4 Å². The molecule has 0 bridgehead atoms. The number of carbonyl (C=O) groups excluding carboxylic acids is 1. The minimum atomic E-state index is -0.734. The summed E-state index contributed by atoms with van der Waals surface area (Å²) in [4.78, 5) is 12.2. The highest BCUT2D eigenvalue weighted by Gasteiger charge is 2.35. The molecule has 1 heterocycles. The number of aliphatic hydroxyl groups is 1. The first-order valence-corrected chi connectivity index (χ1v) is 6.95. The third-order valence-electron chi connectivity index (χ3n) is 3.64. The van der Waals surface area contributed by atoms with Gasteiger partial charge in [0.15, 0.2) is 0 Å². The van der Waals surface area contributed by atoms with Gasteiger partial charge >= 0.3 is 0 Å². The molecular weight excluding hydrogens is 266 g/mol. The van der Waals surface area contributed by atoms with Crippen LogP contribution in [0.1, 0.15) is 55.1 Å². The maximum absolute atomic E-state index is 12.2. The van der Waals surface area contributed by atoms with Gasteiger partial charge in [0.25, 0.3) is 5.91 Å². The lowest BCUT2D eigenvalue weighted by Gasteiger charge is -2.36. The average molecular weight is 286 g/mol. The predicted octanol–water partition coefficient (Wildman–Crippen LogP) is 1.84. The second-order valence-corrected chi connectivity index (χ2v) is 5.95. The van der Waals surface area contributed by atoms with E-state index in [4.69, 9.17) is 11.6 Å². The van der Waals surface area contributed by atoms with E-state index in [1.54, 1.807) is 7.05 Å². The Morgan fingerprint density at radius 3 is 2.68 bits per heavy atom. The highest BCUT2D eigenvalue weighted by atomic mass is 35.5. The summed E-state index contributed by atoms with van der Waals surface area (Å²) in [6.07, 6.45) is 2.49. The smallest absolute Gasteiger partial charge is 0.256 e. The third kappa shape index (κ3) is 2.77. The number of nitrogens with one attached hydrogen (secondary N) is 1. The Balaban J connectivity index is 2.14. The number of hydrogen-bond acceptors (Lipinski definition) is 3. The summed E-state index contributed by atoms with van der Waals surface area (Å²) in [6.45, 7) is 4.21. The molecule has 2 N–H and O–H groups in total. The molecule has 0 aliphatic heterocycles. The summed E-state index contributed by atoms with van der Waals surface area (Å²) < 4.78 is 1.50. The molecule has 6 heteroatoms. The van der Waals surface area contributed by atoms with Crippen LogP contribution in [0.3, 0.4) is 0 Å². The van der Waals surface area contributed by atoms with Crippen molar-refractivity contribution >= 4 is 17.5 Å². The van der Waals surface area contributed by atoms with Crippen molar-refractivity contribution in [1.82, 2.24) is 15.1 Å². The summed E-state index contributed by atoms with van der Waals surface area (Å²) in [5.74, 6) is -0.145. The summed E-state index contributed by atoms with van der Waals surface area (Å²) in [5.41, 5.74) is 0.371. The molecule has 1 fully saturated rings. The van der Waals surface area contributed by atoms with Crippen LogP contribution in [0, 0.1) is 0 Å². The van der Waals surface area contributed by atoms with Crippen LogP contribution in [0.4, 0.5) is 0 Å². The number of aromatic nitrogens is 2. The van der Waals surface area contributed by atoms with Crippen molar-refractivity contribution in [3.63, 3.8) is 0 Å². The van der Waals surface area contributed by atoms with Crippen LogP contribution < -0.4 is 5.32 Å². The van der Waals surface area contributed by atoms with Crippen molar-refractivity contribution < 1.29 is 9.90 Å². The summed E-state index contributed by atoms with van der Waals surface area (Å²) in [6, 6.07) is 0. The van der Waals surface area contributed by atoms with Gasteiger partial charge in [-0.25, -0.2) is 0 Å². The predicted molar refractivity (Wildman–Crippen MR) is 73.4 cm³/mol. The zero-order valence-corrected chi connectivity index (χ0v) is 12.3. The quantitative estimate of drug-likeness (QED) is 0.887. The van der Waals surface area contributed by atoms with Crippen LogP contribution >= 0.6 is 11.6 Å². The fraction of sp³-hybridized carbons (Fsp3) is 0.692. The van der Waals surface area contributed by atoms with Gasteiger partial charge in [0, 0.05) is 13.6 Å². The Kier molecular flexibility index (Phi) is 3.87. The molecule has 1 saturated carbocycles. The fourth-order valence-corrected chi connectivity index (χ4v) is 2.45. The van der Waals surface area contributed by atoms with E-state index >= 15 is 0 Å². The molecule has 0 aromatic carbocycles. The Morgan fingerprint density at radius 2 is 2.21 bits per heavy atom. The highest BCUT2D eigenvalue weighted by molar-refractivity contribution is 6.33. The lowest BCUT2D eigenvalue weighted by molar-refractivity contribution is -0.0300. The largest absolute Gasteiger partial charge is 0.388 e. The maximum Gasteiger partial charge on any atom is 0.256 e. The SMILES string of the molecule is CC(C)c1nn(C)c(Cl)c1C(=O)NCC1(O)CCC1. The molecule has 0 atom stereocenters. The Labute approximate surface area is 117 Å². The first-order valence-electron chi connectivity index (χ1n) is 6.57. The van der Waals surface area contributed by atoms with Crippen molar-refractivity contribution in [2.75, 3.05) is 6.54 Å². The number of rotatable bonds is 4. The van der Waals surface area contributed by atoms with Crippen molar-refractivity contribution in [2.24, 2.45) is 7.05 Å². The van der Waals surface area contributed by atoms with Gasteiger partial charge in [0.2, 0.25) is 0 Å². The zero-order valence-electron chi connectivity index (χ0n) is 11.5. The van der Waals surface area contributed by atoms with Crippen LogP contribution in [0.2, 0.25) is 5.15 Å². The van der Waals surface area contributed by atoms with Gasteiger partial charge in [-0.2, -0.15) is 5.10 Å². The van der Waals surface area contributed by atoms with Crippen LogP contribution in [0.25, 0.3) is 0 Å². The molecule has 1 aromatic rings. The van der Waals surface area contributed by atoms with E-state index in [0.717, 1.165) is 19.3 Å². The van der Waals surface area contributed by atoms with Gasteiger partial charge in [0.05, 0.1) is 16.9 Å². The first kappa shape index (κ1) is 14.3. The molecule has 1 aliphatic rings. The van der Waals surface area contributed by atoms with E-state index < -0.39 is 5.60 Å². The molecule has 1 amide bonds. The van der Waals surface area contributed by atoms with E-state index in [-0.39, 0.29) is 18.4 Å². The van der Waals surface area contributed by atoms with Crippen molar-refractivity contribution in [3.05, 3.63) is 16.4 Å². The Morgan fingerprint density at radius 1 is 1.58 bits per heavy atom. The average Bonchev–Trinajstić information content (AvgIpc) is 2.61. The summed E-state index contributed by atoms with van der Waals surface area (Å²) >= 11 is 6.13. The summed E-state index contributed by atoms with van der Waals surface area (Å²) in [5, 5.41) is 17.4. The van der Waals surface area contributed by atoms with Gasteiger partial charge in [0.1, 0.15) is 5.15 Å². The minimum absolute atomic E-state index is 0.117. The molecule has 19 heavy (non-hydrogen) atoms. The number of aryl methyl sites for hydroxylation is 1. The van der Waals surface area contributed by atoms with Crippen LogP contribution in [-0.2, 0) is 7.05 Å². The third-order valence-corrected chi connectivity index (χ3v) is 4.07. The fourth-order valence-electron chi connectivity index (χ4n) is 2.23. The molecule has 106 valence electrons. The van der Waals surface area contributed by atoms with Crippen molar-refractivity contribution in [2.45, 2.75) is 44.6 Å². The zero-order chi connectivity index (χ0) is 14.2. The minimum Gasteiger partial charge on any atom is -0.388 e. The number of carbonyl (C=O) groups is 1. The van der Waals surface area contributed by atoms with E-state index in [9.17, 15) is 9.90 Å². The molecular formula is C13H20ClN3O2. The lowest BCUT2D eigenvalue weighted by atomic mass is 9.80. The Bertz CT molecular complexity index is 492. The van der Waals surface area contributed by atoms with E-state index in [1.807, 2.05) is 13.8 Å².